The van der Waals surface area contributed by atoms with E-state index in [0.29, 0.717) is 17.9 Å². The summed E-state index contributed by atoms with van der Waals surface area (Å²) in [6.45, 7) is 1.94. The quantitative estimate of drug-likeness (QED) is 0.910. The van der Waals surface area contributed by atoms with Crippen molar-refractivity contribution in [3.63, 3.8) is 0 Å². The Bertz CT molecular complexity index is 569. The highest BCUT2D eigenvalue weighted by atomic mass is 16.4. The van der Waals surface area contributed by atoms with E-state index in [4.69, 9.17) is 0 Å². The largest absolute Gasteiger partial charge is 0.480 e. The van der Waals surface area contributed by atoms with Crippen LogP contribution in [0.25, 0.3) is 0 Å². The Hall–Kier alpha value is -1.84. The third kappa shape index (κ3) is 2.55. The Kier molecular flexibility index (Phi) is 3.70. The SMILES string of the molecule is Cc1cccc(C(=O)N2[C@H](C(=O)O)C[C@@H]3CCCC[C@@H]32)c1. The standard InChI is InChI=1S/C17H21NO3/c1-11-5-4-7-13(9-11)16(19)18-14-8-3-2-6-12(14)10-15(18)17(20)21/h4-5,7,9,12,14-15H,2-3,6,8,10H2,1H3,(H,20,21)/t12-,14-,15-/m0/s1. The van der Waals surface area contributed by atoms with Crippen LogP contribution < -0.4 is 0 Å². The summed E-state index contributed by atoms with van der Waals surface area (Å²) < 4.78 is 0. The number of rotatable bonds is 2. The van der Waals surface area contributed by atoms with Gasteiger partial charge in [0, 0.05) is 11.6 Å². The number of hydrogen-bond acceptors (Lipinski definition) is 2. The second-order valence-electron chi connectivity index (χ2n) is 6.28. The fourth-order valence-corrected chi connectivity index (χ4v) is 3.90. The van der Waals surface area contributed by atoms with E-state index in [1.54, 1.807) is 11.0 Å². The van der Waals surface area contributed by atoms with Gasteiger partial charge in [-0.2, -0.15) is 0 Å². The maximum absolute atomic E-state index is 12.8. The number of aliphatic carboxylic acids is 1. The Morgan fingerprint density at radius 1 is 1.24 bits per heavy atom. The molecule has 0 radical (unpaired) electrons. The predicted octanol–water partition coefficient (Wildman–Crippen LogP) is 2.85. The molecule has 1 aromatic rings. The second kappa shape index (κ2) is 5.51. The molecule has 1 N–H and O–H groups in total. The van der Waals surface area contributed by atoms with Crippen molar-refractivity contribution in [3.05, 3.63) is 35.4 Å². The van der Waals surface area contributed by atoms with Crippen LogP contribution in [-0.4, -0.2) is 34.0 Å². The van der Waals surface area contributed by atoms with Crippen LogP contribution in [0.5, 0.6) is 0 Å². The minimum Gasteiger partial charge on any atom is -0.480 e. The zero-order valence-corrected chi connectivity index (χ0v) is 12.3. The molecule has 1 saturated heterocycles. The molecule has 0 unspecified atom stereocenters. The topological polar surface area (TPSA) is 57.6 Å². The average Bonchev–Trinajstić information content (AvgIpc) is 2.86. The molecule has 0 spiro atoms. The lowest BCUT2D eigenvalue weighted by atomic mass is 9.84. The van der Waals surface area contributed by atoms with Crippen LogP contribution in [0.1, 0.15) is 48.0 Å². The van der Waals surface area contributed by atoms with Crippen LogP contribution in [0.2, 0.25) is 0 Å². The minimum atomic E-state index is -0.870. The Morgan fingerprint density at radius 2 is 2.00 bits per heavy atom. The van der Waals surface area contributed by atoms with Crippen molar-refractivity contribution < 1.29 is 14.7 Å². The van der Waals surface area contributed by atoms with Gasteiger partial charge in [0.1, 0.15) is 6.04 Å². The van der Waals surface area contributed by atoms with Crippen LogP contribution >= 0.6 is 0 Å². The van der Waals surface area contributed by atoms with Gasteiger partial charge >= 0.3 is 5.97 Å². The first-order valence-corrected chi connectivity index (χ1v) is 7.70. The van der Waals surface area contributed by atoms with Crippen LogP contribution in [0.3, 0.4) is 0 Å². The van der Waals surface area contributed by atoms with Gasteiger partial charge in [0.25, 0.3) is 5.91 Å². The van der Waals surface area contributed by atoms with Gasteiger partial charge in [0.2, 0.25) is 0 Å². The molecule has 3 atom stereocenters. The molecule has 1 heterocycles. The molecule has 1 saturated carbocycles. The molecule has 4 nitrogen and oxygen atoms in total. The molecule has 112 valence electrons. The van der Waals surface area contributed by atoms with Crippen LogP contribution in [0.15, 0.2) is 24.3 Å². The van der Waals surface area contributed by atoms with Gasteiger partial charge in [0.15, 0.2) is 0 Å². The maximum Gasteiger partial charge on any atom is 0.326 e. The molecule has 1 amide bonds. The Morgan fingerprint density at radius 3 is 2.71 bits per heavy atom. The number of likely N-dealkylation sites (tertiary alicyclic amines) is 1. The normalized spacial score (nSPS) is 28.2. The van der Waals surface area contributed by atoms with Crippen LogP contribution in [-0.2, 0) is 4.79 Å². The number of fused-ring (bicyclic) bond motifs is 1. The summed E-state index contributed by atoms with van der Waals surface area (Å²) in [5, 5.41) is 9.49. The van der Waals surface area contributed by atoms with Gasteiger partial charge < -0.3 is 10.0 Å². The van der Waals surface area contributed by atoms with Gasteiger partial charge in [-0.15, -0.1) is 0 Å². The number of aryl methyl sites for hydroxylation is 1. The summed E-state index contributed by atoms with van der Waals surface area (Å²) in [7, 11) is 0. The molecule has 1 aromatic carbocycles. The number of hydrogen-bond donors (Lipinski definition) is 1. The molecule has 0 bridgehead atoms. The number of carbonyl (C=O) groups is 2. The van der Waals surface area contributed by atoms with Crippen molar-refractivity contribution in [1.29, 1.82) is 0 Å². The summed E-state index contributed by atoms with van der Waals surface area (Å²) in [5.41, 5.74) is 1.62. The number of carbonyl (C=O) groups excluding carboxylic acids is 1. The first kappa shape index (κ1) is 14.1. The lowest BCUT2D eigenvalue weighted by molar-refractivity contribution is -0.141. The number of benzene rings is 1. The van der Waals surface area contributed by atoms with Crippen molar-refractivity contribution in [3.8, 4) is 0 Å². The van der Waals surface area contributed by atoms with E-state index in [0.717, 1.165) is 31.2 Å². The lowest BCUT2D eigenvalue weighted by Gasteiger charge is -2.33. The van der Waals surface area contributed by atoms with Gasteiger partial charge in [-0.1, -0.05) is 30.5 Å². The number of nitrogens with zero attached hydrogens (tertiary/aromatic N) is 1. The highest BCUT2D eigenvalue weighted by Gasteiger charge is 2.47. The molecule has 1 aliphatic carbocycles. The van der Waals surface area contributed by atoms with Gasteiger partial charge in [-0.3, -0.25) is 4.79 Å². The summed E-state index contributed by atoms with van der Waals surface area (Å²) in [6.07, 6.45) is 4.83. The molecule has 0 aromatic heterocycles. The third-order valence-electron chi connectivity index (χ3n) is 4.87. The van der Waals surface area contributed by atoms with E-state index in [9.17, 15) is 14.7 Å². The molecule has 1 aliphatic heterocycles. The second-order valence-corrected chi connectivity index (χ2v) is 6.28. The molecule has 3 rings (SSSR count). The van der Waals surface area contributed by atoms with E-state index in [1.807, 2.05) is 25.1 Å². The van der Waals surface area contributed by atoms with Crippen molar-refractivity contribution in [2.75, 3.05) is 0 Å². The first-order chi connectivity index (χ1) is 10.1. The molecule has 21 heavy (non-hydrogen) atoms. The van der Waals surface area contributed by atoms with Gasteiger partial charge in [-0.25, -0.2) is 4.79 Å². The van der Waals surface area contributed by atoms with Crippen molar-refractivity contribution in [2.45, 2.75) is 51.1 Å². The van der Waals surface area contributed by atoms with E-state index < -0.39 is 12.0 Å². The minimum absolute atomic E-state index is 0.105. The van der Waals surface area contributed by atoms with Crippen molar-refractivity contribution in [2.24, 2.45) is 5.92 Å². The van der Waals surface area contributed by atoms with Crippen molar-refractivity contribution in [1.82, 2.24) is 4.90 Å². The highest BCUT2D eigenvalue weighted by molar-refractivity contribution is 5.97. The number of carboxylic acids is 1. The molecular formula is C17H21NO3. The van der Waals surface area contributed by atoms with E-state index >= 15 is 0 Å². The summed E-state index contributed by atoms with van der Waals surface area (Å²) >= 11 is 0. The summed E-state index contributed by atoms with van der Waals surface area (Å²) in [5.74, 6) is -0.639. The molecule has 2 aliphatic rings. The van der Waals surface area contributed by atoms with Crippen LogP contribution in [0.4, 0.5) is 0 Å². The van der Waals surface area contributed by atoms with E-state index in [-0.39, 0.29) is 11.9 Å². The molecular weight excluding hydrogens is 266 g/mol. The first-order valence-electron chi connectivity index (χ1n) is 7.70. The third-order valence-corrected chi connectivity index (χ3v) is 4.87. The van der Waals surface area contributed by atoms with Gasteiger partial charge in [-0.05, 0) is 44.2 Å². The van der Waals surface area contributed by atoms with E-state index in [2.05, 4.69) is 0 Å². The number of amides is 1. The zero-order chi connectivity index (χ0) is 15.0. The fourth-order valence-electron chi connectivity index (χ4n) is 3.90. The van der Waals surface area contributed by atoms with Gasteiger partial charge in [0.05, 0.1) is 0 Å². The zero-order valence-electron chi connectivity index (χ0n) is 12.3. The highest BCUT2D eigenvalue weighted by Crippen LogP contribution is 2.40. The fraction of sp³-hybridized carbons (Fsp3) is 0.529. The summed E-state index contributed by atoms with van der Waals surface area (Å²) in [6, 6.07) is 6.87. The average molecular weight is 287 g/mol. The smallest absolute Gasteiger partial charge is 0.326 e. The van der Waals surface area contributed by atoms with E-state index in [1.165, 1.54) is 0 Å². The monoisotopic (exact) mass is 287 g/mol. The maximum atomic E-state index is 12.8. The Labute approximate surface area is 124 Å². The summed E-state index contributed by atoms with van der Waals surface area (Å²) in [4.78, 5) is 26.0. The Balaban J connectivity index is 1.92. The predicted molar refractivity (Wildman–Crippen MR) is 79.1 cm³/mol. The molecule has 4 heteroatoms. The van der Waals surface area contributed by atoms with Crippen LogP contribution in [0, 0.1) is 12.8 Å². The molecule has 2 fully saturated rings. The lowest BCUT2D eigenvalue weighted by Crippen LogP contribution is -2.46. The number of carboxylic acid groups (broad SMARTS) is 1. The van der Waals surface area contributed by atoms with Crippen molar-refractivity contribution >= 4 is 11.9 Å².